The SMILES string of the molecule is CCCCCCCCCCC(NC(=O)C(F)(F)F)C(=O)OCC. The summed E-state index contributed by atoms with van der Waals surface area (Å²) in [7, 11) is 0. The number of hydrogen-bond donors (Lipinski definition) is 1. The molecule has 4 nitrogen and oxygen atoms in total. The Labute approximate surface area is 136 Å². The van der Waals surface area contributed by atoms with Crippen molar-refractivity contribution in [3.8, 4) is 0 Å². The fourth-order valence-corrected chi connectivity index (χ4v) is 2.21. The van der Waals surface area contributed by atoms with Gasteiger partial charge in [0.05, 0.1) is 6.61 Å². The summed E-state index contributed by atoms with van der Waals surface area (Å²) in [5.74, 6) is -2.91. The molecule has 7 heteroatoms. The summed E-state index contributed by atoms with van der Waals surface area (Å²) in [4.78, 5) is 22.6. The molecule has 0 spiro atoms. The van der Waals surface area contributed by atoms with E-state index in [0.29, 0.717) is 6.42 Å². The Morgan fingerprint density at radius 1 is 0.957 bits per heavy atom. The lowest BCUT2D eigenvalue weighted by atomic mass is 10.0. The molecule has 0 heterocycles. The first kappa shape index (κ1) is 21.7. The lowest BCUT2D eigenvalue weighted by Crippen LogP contribution is -2.47. The first-order valence-electron chi connectivity index (χ1n) is 8.37. The van der Waals surface area contributed by atoms with Crippen molar-refractivity contribution in [2.24, 2.45) is 0 Å². The summed E-state index contributed by atoms with van der Waals surface area (Å²) in [6.07, 6.45) is 3.38. The normalized spacial score (nSPS) is 12.7. The summed E-state index contributed by atoms with van der Waals surface area (Å²) in [5, 5.41) is 1.72. The molecular formula is C16H28F3NO3. The highest BCUT2D eigenvalue weighted by atomic mass is 19.4. The van der Waals surface area contributed by atoms with Crippen molar-refractivity contribution in [3.63, 3.8) is 0 Å². The molecule has 0 fully saturated rings. The van der Waals surface area contributed by atoms with Crippen LogP contribution in [0, 0.1) is 0 Å². The van der Waals surface area contributed by atoms with Crippen molar-refractivity contribution in [1.82, 2.24) is 5.32 Å². The maximum atomic E-state index is 12.3. The number of carbonyl (C=O) groups is 2. The van der Waals surface area contributed by atoms with Crippen LogP contribution >= 0.6 is 0 Å². The van der Waals surface area contributed by atoms with E-state index < -0.39 is 24.1 Å². The topological polar surface area (TPSA) is 55.4 Å². The number of ether oxygens (including phenoxy) is 1. The molecule has 0 aromatic heterocycles. The van der Waals surface area contributed by atoms with Crippen molar-refractivity contribution in [2.75, 3.05) is 6.61 Å². The fourth-order valence-electron chi connectivity index (χ4n) is 2.21. The van der Waals surface area contributed by atoms with Gasteiger partial charge in [-0.05, 0) is 13.3 Å². The molecule has 0 aliphatic carbocycles. The largest absolute Gasteiger partial charge is 0.471 e. The summed E-state index contributed by atoms with van der Waals surface area (Å²) >= 11 is 0. The number of esters is 1. The highest BCUT2D eigenvalue weighted by Gasteiger charge is 2.40. The zero-order valence-corrected chi connectivity index (χ0v) is 14.0. The zero-order valence-electron chi connectivity index (χ0n) is 14.0. The van der Waals surface area contributed by atoms with Crippen molar-refractivity contribution in [1.29, 1.82) is 0 Å². The third kappa shape index (κ3) is 11.0. The Bertz CT molecular complexity index is 346. The standard InChI is InChI=1S/C16H28F3NO3/c1-3-5-6-7-8-9-10-11-12-13(14(21)23-4-2)20-15(22)16(17,18)19/h13H,3-12H2,1-2H3,(H,20,22). The quantitative estimate of drug-likeness (QED) is 0.430. The van der Waals surface area contributed by atoms with Crippen LogP contribution in [-0.2, 0) is 14.3 Å². The maximum absolute atomic E-state index is 12.3. The smallest absolute Gasteiger partial charge is 0.464 e. The van der Waals surface area contributed by atoms with Crippen LogP contribution in [0.2, 0.25) is 0 Å². The summed E-state index contributed by atoms with van der Waals surface area (Å²) in [6.45, 7) is 3.77. The Morgan fingerprint density at radius 3 is 1.96 bits per heavy atom. The van der Waals surface area contributed by atoms with Crippen LogP contribution in [0.1, 0.15) is 71.6 Å². The van der Waals surface area contributed by atoms with Crippen LogP contribution in [-0.4, -0.2) is 30.7 Å². The van der Waals surface area contributed by atoms with Gasteiger partial charge in [0.25, 0.3) is 0 Å². The number of carbonyl (C=O) groups excluding carboxylic acids is 2. The average molecular weight is 339 g/mol. The molecular weight excluding hydrogens is 311 g/mol. The summed E-state index contributed by atoms with van der Waals surface area (Å²) in [6, 6.07) is -1.23. The second kappa shape index (κ2) is 12.2. The van der Waals surface area contributed by atoms with Gasteiger partial charge in [0, 0.05) is 0 Å². The van der Waals surface area contributed by atoms with E-state index in [1.807, 2.05) is 0 Å². The van der Waals surface area contributed by atoms with Gasteiger partial charge >= 0.3 is 18.1 Å². The predicted molar refractivity (Wildman–Crippen MR) is 81.8 cm³/mol. The minimum atomic E-state index is -5.00. The molecule has 0 aromatic rings. The van der Waals surface area contributed by atoms with E-state index >= 15 is 0 Å². The second-order valence-corrected chi connectivity index (χ2v) is 5.54. The van der Waals surface area contributed by atoms with Crippen LogP contribution in [0.3, 0.4) is 0 Å². The van der Waals surface area contributed by atoms with Crippen LogP contribution in [0.5, 0.6) is 0 Å². The van der Waals surface area contributed by atoms with Gasteiger partial charge in [-0.3, -0.25) is 4.79 Å². The minimum absolute atomic E-state index is 0.0641. The summed E-state index contributed by atoms with van der Waals surface area (Å²) < 4.78 is 41.6. The highest BCUT2D eigenvalue weighted by Crippen LogP contribution is 2.16. The monoisotopic (exact) mass is 339 g/mol. The molecule has 0 saturated heterocycles. The molecule has 1 unspecified atom stereocenters. The molecule has 136 valence electrons. The molecule has 0 aliphatic heterocycles. The molecule has 0 radical (unpaired) electrons. The number of nitrogens with one attached hydrogen (secondary N) is 1. The molecule has 0 aromatic carbocycles. The van der Waals surface area contributed by atoms with E-state index in [-0.39, 0.29) is 13.0 Å². The van der Waals surface area contributed by atoms with Gasteiger partial charge in [-0.1, -0.05) is 58.3 Å². The van der Waals surface area contributed by atoms with Gasteiger partial charge in [-0.15, -0.1) is 0 Å². The fraction of sp³-hybridized carbons (Fsp3) is 0.875. The number of hydrogen-bond acceptors (Lipinski definition) is 3. The molecule has 0 aliphatic rings. The van der Waals surface area contributed by atoms with Crippen molar-refractivity contribution in [2.45, 2.75) is 83.9 Å². The van der Waals surface area contributed by atoms with Gasteiger partial charge in [-0.2, -0.15) is 13.2 Å². The van der Waals surface area contributed by atoms with Crippen molar-refractivity contribution < 1.29 is 27.5 Å². The molecule has 1 N–H and O–H groups in total. The lowest BCUT2D eigenvalue weighted by molar-refractivity contribution is -0.176. The van der Waals surface area contributed by atoms with Crippen molar-refractivity contribution >= 4 is 11.9 Å². The molecule has 0 rings (SSSR count). The Kier molecular flexibility index (Phi) is 11.5. The van der Waals surface area contributed by atoms with Gasteiger partial charge in [0.1, 0.15) is 6.04 Å². The van der Waals surface area contributed by atoms with E-state index in [1.165, 1.54) is 19.3 Å². The van der Waals surface area contributed by atoms with E-state index in [9.17, 15) is 22.8 Å². The van der Waals surface area contributed by atoms with Gasteiger partial charge in [0.2, 0.25) is 0 Å². The van der Waals surface area contributed by atoms with Crippen molar-refractivity contribution in [3.05, 3.63) is 0 Å². The van der Waals surface area contributed by atoms with Crippen LogP contribution in [0.4, 0.5) is 13.2 Å². The molecule has 0 saturated carbocycles. The van der Waals surface area contributed by atoms with Crippen LogP contribution in [0.25, 0.3) is 0 Å². The third-order valence-electron chi connectivity index (χ3n) is 3.48. The number of alkyl halides is 3. The number of rotatable bonds is 12. The lowest BCUT2D eigenvalue weighted by Gasteiger charge is -2.18. The molecule has 1 amide bonds. The maximum Gasteiger partial charge on any atom is 0.471 e. The number of unbranched alkanes of at least 4 members (excludes halogenated alkanes) is 7. The predicted octanol–water partition coefficient (Wildman–Crippen LogP) is 4.13. The van der Waals surface area contributed by atoms with Crippen LogP contribution in [0.15, 0.2) is 0 Å². The average Bonchev–Trinajstić information content (AvgIpc) is 2.47. The Hall–Kier alpha value is -1.27. The molecule has 23 heavy (non-hydrogen) atoms. The number of halogens is 3. The Balaban J connectivity index is 4.13. The summed E-state index contributed by atoms with van der Waals surface area (Å²) in [5.41, 5.74) is 0. The van der Waals surface area contributed by atoms with Crippen LogP contribution < -0.4 is 5.32 Å². The first-order valence-corrected chi connectivity index (χ1v) is 8.37. The first-order chi connectivity index (χ1) is 10.8. The third-order valence-corrected chi connectivity index (χ3v) is 3.48. The number of amides is 1. The van der Waals surface area contributed by atoms with E-state index in [1.54, 1.807) is 12.2 Å². The van der Waals surface area contributed by atoms with E-state index in [4.69, 9.17) is 4.74 Å². The minimum Gasteiger partial charge on any atom is -0.464 e. The molecule has 0 bridgehead atoms. The van der Waals surface area contributed by atoms with Gasteiger partial charge in [0.15, 0.2) is 0 Å². The highest BCUT2D eigenvalue weighted by molar-refractivity contribution is 5.87. The van der Waals surface area contributed by atoms with E-state index in [2.05, 4.69) is 6.92 Å². The van der Waals surface area contributed by atoms with E-state index in [0.717, 1.165) is 25.7 Å². The van der Waals surface area contributed by atoms with Gasteiger partial charge in [-0.25, -0.2) is 4.79 Å². The Morgan fingerprint density at radius 2 is 1.48 bits per heavy atom. The van der Waals surface area contributed by atoms with Gasteiger partial charge < -0.3 is 10.1 Å². The molecule has 1 atom stereocenters. The second-order valence-electron chi connectivity index (χ2n) is 5.54. The zero-order chi connectivity index (χ0) is 17.7.